The summed E-state index contributed by atoms with van der Waals surface area (Å²) in [6, 6.07) is 25.0. The Morgan fingerprint density at radius 3 is 2.10 bits per heavy atom. The van der Waals surface area contributed by atoms with Gasteiger partial charge in [-0.15, -0.1) is 0 Å². The van der Waals surface area contributed by atoms with Crippen molar-refractivity contribution in [3.8, 4) is 17.2 Å². The van der Waals surface area contributed by atoms with E-state index in [4.69, 9.17) is 4.74 Å². The zero-order valence-electron chi connectivity index (χ0n) is 16.2. The first-order valence-corrected chi connectivity index (χ1v) is 9.08. The summed E-state index contributed by atoms with van der Waals surface area (Å²) >= 11 is 0. The van der Waals surface area contributed by atoms with Gasteiger partial charge in [-0.3, -0.25) is 4.79 Å². The zero-order valence-corrected chi connectivity index (χ0v) is 16.2. The summed E-state index contributed by atoms with van der Waals surface area (Å²) < 4.78 is 5.67. The quantitative estimate of drug-likeness (QED) is 0.618. The lowest BCUT2D eigenvalue weighted by atomic mass is 9.96. The summed E-state index contributed by atoms with van der Waals surface area (Å²) in [5.74, 6) is -0.961. The van der Waals surface area contributed by atoms with Crippen LogP contribution in [0.2, 0.25) is 0 Å². The van der Waals surface area contributed by atoms with Crippen molar-refractivity contribution in [1.82, 2.24) is 4.90 Å². The van der Waals surface area contributed by atoms with Crippen molar-refractivity contribution in [2.45, 2.75) is 6.10 Å². The van der Waals surface area contributed by atoms with Crippen LogP contribution in [-0.2, 0) is 9.53 Å². The lowest BCUT2D eigenvalue weighted by Gasteiger charge is -2.22. The smallest absolute Gasteiger partial charge is 0.339 e. The molecule has 0 fully saturated rings. The second kappa shape index (κ2) is 8.85. The molecule has 1 amide bonds. The molecule has 5 heteroatoms. The number of benzene rings is 3. The molecule has 0 unspecified atom stereocenters. The van der Waals surface area contributed by atoms with Crippen molar-refractivity contribution in [2.75, 3.05) is 14.1 Å². The Balaban J connectivity index is 2.00. The Morgan fingerprint density at radius 1 is 0.862 bits per heavy atom. The fraction of sp³-hybridized carbons (Fsp3) is 0.125. The third kappa shape index (κ3) is 4.33. The van der Waals surface area contributed by atoms with Crippen LogP contribution in [-0.4, -0.2) is 30.9 Å². The van der Waals surface area contributed by atoms with E-state index in [0.717, 1.165) is 0 Å². The molecule has 3 aromatic rings. The Labute approximate surface area is 169 Å². The van der Waals surface area contributed by atoms with E-state index >= 15 is 0 Å². The molecule has 0 saturated carbocycles. The number of amides is 1. The van der Waals surface area contributed by atoms with Crippen molar-refractivity contribution >= 4 is 11.9 Å². The fourth-order valence-electron chi connectivity index (χ4n) is 3.01. The molecule has 0 aliphatic rings. The van der Waals surface area contributed by atoms with Gasteiger partial charge in [-0.1, -0.05) is 66.7 Å². The van der Waals surface area contributed by atoms with Gasteiger partial charge in [0.05, 0.1) is 17.2 Å². The number of carbonyl (C=O) groups excluding carboxylic acids is 2. The first-order chi connectivity index (χ1) is 14.0. The molecular formula is C24H20N2O3. The van der Waals surface area contributed by atoms with E-state index in [2.05, 4.69) is 6.07 Å². The number of rotatable bonds is 5. The second-order valence-corrected chi connectivity index (χ2v) is 6.63. The van der Waals surface area contributed by atoms with Gasteiger partial charge in [-0.25, -0.2) is 4.79 Å². The van der Waals surface area contributed by atoms with Crippen molar-refractivity contribution in [2.24, 2.45) is 0 Å². The van der Waals surface area contributed by atoms with Gasteiger partial charge in [-0.05, 0) is 17.7 Å². The average Bonchev–Trinajstić information content (AvgIpc) is 2.77. The minimum Gasteiger partial charge on any atom is -0.444 e. The van der Waals surface area contributed by atoms with Gasteiger partial charge in [-0.2, -0.15) is 5.26 Å². The predicted molar refractivity (Wildman–Crippen MR) is 110 cm³/mol. The van der Waals surface area contributed by atoms with Crippen LogP contribution in [0.25, 0.3) is 11.1 Å². The number of likely N-dealkylation sites (N-methyl/N-ethyl adjacent to an activating group) is 1. The van der Waals surface area contributed by atoms with Crippen molar-refractivity contribution in [1.29, 1.82) is 5.26 Å². The third-order valence-electron chi connectivity index (χ3n) is 4.48. The average molecular weight is 384 g/mol. The third-order valence-corrected chi connectivity index (χ3v) is 4.48. The first kappa shape index (κ1) is 19.8. The highest BCUT2D eigenvalue weighted by Crippen LogP contribution is 2.29. The molecule has 0 bridgehead atoms. The zero-order chi connectivity index (χ0) is 20.8. The van der Waals surface area contributed by atoms with Gasteiger partial charge < -0.3 is 9.64 Å². The molecule has 0 spiro atoms. The van der Waals surface area contributed by atoms with Crippen LogP contribution in [0.5, 0.6) is 0 Å². The second-order valence-electron chi connectivity index (χ2n) is 6.63. The molecule has 0 radical (unpaired) electrons. The summed E-state index contributed by atoms with van der Waals surface area (Å²) in [6.07, 6.45) is -1.06. The number of carbonyl (C=O) groups is 2. The van der Waals surface area contributed by atoms with Crippen molar-refractivity contribution in [3.05, 3.63) is 95.6 Å². The summed E-state index contributed by atoms with van der Waals surface area (Å²) in [6.45, 7) is 0. The Bertz CT molecular complexity index is 1070. The molecule has 3 aromatic carbocycles. The number of ether oxygens (including phenoxy) is 1. The number of nitriles is 1. The van der Waals surface area contributed by atoms with Gasteiger partial charge in [0.15, 0.2) is 0 Å². The van der Waals surface area contributed by atoms with Gasteiger partial charge in [0.2, 0.25) is 6.10 Å². The van der Waals surface area contributed by atoms with Crippen molar-refractivity contribution < 1.29 is 14.3 Å². The SMILES string of the molecule is CN(C)C(=O)[C@@H](OC(=O)c1ccccc1-c1ccccc1C#N)c1ccccc1. The maximum absolute atomic E-state index is 13.1. The van der Waals surface area contributed by atoms with Crippen LogP contribution in [0.15, 0.2) is 78.9 Å². The highest BCUT2D eigenvalue weighted by Gasteiger charge is 2.28. The van der Waals surface area contributed by atoms with Crippen LogP contribution in [0.1, 0.15) is 27.6 Å². The Kier molecular flexibility index (Phi) is 6.06. The van der Waals surface area contributed by atoms with E-state index in [0.29, 0.717) is 27.8 Å². The largest absolute Gasteiger partial charge is 0.444 e. The van der Waals surface area contributed by atoms with Crippen LogP contribution in [0.4, 0.5) is 0 Å². The van der Waals surface area contributed by atoms with Gasteiger partial charge in [0.1, 0.15) is 0 Å². The molecule has 0 N–H and O–H groups in total. The molecule has 1 atom stereocenters. The van der Waals surface area contributed by atoms with Gasteiger partial charge in [0, 0.05) is 25.2 Å². The molecular weight excluding hydrogens is 364 g/mol. The van der Waals surface area contributed by atoms with E-state index in [9.17, 15) is 14.9 Å². The standard InChI is InChI=1S/C24H20N2O3/c1-26(2)23(27)22(17-10-4-3-5-11-17)29-24(28)21-15-9-8-14-20(21)19-13-7-6-12-18(19)16-25/h3-15,22H,1-2H3/t22-/m0/s1. The number of esters is 1. The molecule has 0 heterocycles. The number of nitrogens with zero attached hydrogens (tertiary/aromatic N) is 2. The molecule has 3 rings (SSSR count). The van der Waals surface area contributed by atoms with Crippen molar-refractivity contribution in [3.63, 3.8) is 0 Å². The molecule has 0 aromatic heterocycles. The molecule has 0 aliphatic carbocycles. The van der Waals surface area contributed by atoms with E-state index in [-0.39, 0.29) is 5.91 Å². The maximum Gasteiger partial charge on any atom is 0.339 e. The van der Waals surface area contributed by atoms with Gasteiger partial charge in [0.25, 0.3) is 5.91 Å². The molecule has 0 aliphatic heterocycles. The number of hydrogen-bond acceptors (Lipinski definition) is 4. The monoisotopic (exact) mass is 384 g/mol. The summed E-state index contributed by atoms with van der Waals surface area (Å²) in [5, 5.41) is 9.42. The Hall–Kier alpha value is -3.91. The molecule has 0 saturated heterocycles. The first-order valence-electron chi connectivity index (χ1n) is 9.08. The normalized spacial score (nSPS) is 11.2. The van der Waals surface area contributed by atoms with Gasteiger partial charge >= 0.3 is 5.97 Å². The minimum atomic E-state index is -1.06. The van der Waals surface area contributed by atoms with E-state index in [1.165, 1.54) is 4.90 Å². The molecule has 5 nitrogen and oxygen atoms in total. The predicted octanol–water partition coefficient (Wildman–Crippen LogP) is 4.21. The summed E-state index contributed by atoms with van der Waals surface area (Å²) in [5.41, 5.74) is 2.56. The van der Waals surface area contributed by atoms with Crippen LogP contribution < -0.4 is 0 Å². The lowest BCUT2D eigenvalue weighted by Crippen LogP contribution is -2.31. The highest BCUT2D eigenvalue weighted by atomic mass is 16.5. The minimum absolute atomic E-state index is 0.294. The highest BCUT2D eigenvalue weighted by molar-refractivity contribution is 5.99. The molecule has 144 valence electrons. The fourth-order valence-corrected chi connectivity index (χ4v) is 3.01. The van der Waals surface area contributed by atoms with E-state index in [1.807, 2.05) is 6.07 Å². The lowest BCUT2D eigenvalue weighted by molar-refractivity contribution is -0.138. The summed E-state index contributed by atoms with van der Waals surface area (Å²) in [7, 11) is 3.23. The molecule has 29 heavy (non-hydrogen) atoms. The Morgan fingerprint density at radius 2 is 1.45 bits per heavy atom. The van der Waals surface area contributed by atoms with E-state index < -0.39 is 12.1 Å². The summed E-state index contributed by atoms with van der Waals surface area (Å²) in [4.78, 5) is 27.1. The number of hydrogen-bond donors (Lipinski definition) is 0. The van der Waals surface area contributed by atoms with Crippen LogP contribution >= 0.6 is 0 Å². The topological polar surface area (TPSA) is 70.4 Å². The maximum atomic E-state index is 13.1. The van der Waals surface area contributed by atoms with Crippen LogP contribution in [0.3, 0.4) is 0 Å². The van der Waals surface area contributed by atoms with E-state index in [1.54, 1.807) is 86.9 Å². The van der Waals surface area contributed by atoms with Crippen LogP contribution in [0, 0.1) is 11.3 Å².